The molecule has 1 heterocycles. The summed E-state index contributed by atoms with van der Waals surface area (Å²) in [6.07, 6.45) is 3.56. The third kappa shape index (κ3) is 5.16. The van der Waals surface area contributed by atoms with Gasteiger partial charge in [-0.15, -0.1) is 0 Å². The maximum atomic E-state index is 4.66. The topological polar surface area (TPSA) is 53.1 Å². The van der Waals surface area contributed by atoms with Gasteiger partial charge >= 0.3 is 0 Å². The average Bonchev–Trinajstić information content (AvgIpc) is 3.29. The molecule has 0 unspecified atom stereocenters. The number of anilines is 2. The molecule has 0 aromatic carbocycles. The standard InChI is InChI=1S/C16H29N5/c1-5-8-17-14-11-15(18-9-10-21(4)12(2)3)20-16(19-14)13-6-7-13/h11-13H,5-10H2,1-4H3,(H2,17,18,19,20). The highest BCUT2D eigenvalue weighted by Gasteiger charge is 2.27. The van der Waals surface area contributed by atoms with E-state index in [1.807, 2.05) is 6.07 Å². The fraction of sp³-hybridized carbons (Fsp3) is 0.750. The van der Waals surface area contributed by atoms with E-state index >= 15 is 0 Å². The summed E-state index contributed by atoms with van der Waals surface area (Å²) in [5.41, 5.74) is 0. The lowest BCUT2D eigenvalue weighted by molar-refractivity contribution is 0.284. The van der Waals surface area contributed by atoms with Crippen LogP contribution in [0.15, 0.2) is 6.07 Å². The van der Waals surface area contributed by atoms with Gasteiger partial charge < -0.3 is 15.5 Å². The van der Waals surface area contributed by atoms with Crippen LogP contribution in [-0.4, -0.2) is 47.6 Å². The number of likely N-dealkylation sites (N-methyl/N-ethyl adjacent to an activating group) is 1. The van der Waals surface area contributed by atoms with E-state index in [0.29, 0.717) is 12.0 Å². The molecule has 0 saturated heterocycles. The molecule has 0 atom stereocenters. The Hall–Kier alpha value is -1.36. The lowest BCUT2D eigenvalue weighted by Crippen LogP contribution is -2.31. The summed E-state index contributed by atoms with van der Waals surface area (Å²) in [4.78, 5) is 11.6. The maximum absolute atomic E-state index is 4.66. The number of aromatic nitrogens is 2. The molecule has 5 nitrogen and oxygen atoms in total. The Bertz CT molecular complexity index is 442. The summed E-state index contributed by atoms with van der Waals surface area (Å²) < 4.78 is 0. The zero-order valence-electron chi connectivity index (χ0n) is 13.8. The van der Waals surface area contributed by atoms with Gasteiger partial charge in [0.1, 0.15) is 17.5 Å². The molecular formula is C16H29N5. The van der Waals surface area contributed by atoms with Crippen molar-refractivity contribution in [2.24, 2.45) is 0 Å². The van der Waals surface area contributed by atoms with Gasteiger partial charge in [0.15, 0.2) is 0 Å². The molecule has 1 saturated carbocycles. The summed E-state index contributed by atoms with van der Waals surface area (Å²) in [5, 5.41) is 6.81. The van der Waals surface area contributed by atoms with Crippen molar-refractivity contribution in [2.75, 3.05) is 37.3 Å². The van der Waals surface area contributed by atoms with Crippen molar-refractivity contribution in [2.45, 2.75) is 52.0 Å². The third-order valence-corrected chi connectivity index (χ3v) is 3.89. The van der Waals surface area contributed by atoms with Crippen molar-refractivity contribution in [3.8, 4) is 0 Å². The van der Waals surface area contributed by atoms with E-state index in [1.54, 1.807) is 0 Å². The molecule has 0 amide bonds. The van der Waals surface area contributed by atoms with Crippen LogP contribution in [0.1, 0.15) is 51.8 Å². The minimum Gasteiger partial charge on any atom is -0.370 e. The Morgan fingerprint density at radius 2 is 1.81 bits per heavy atom. The van der Waals surface area contributed by atoms with Gasteiger partial charge in [0.2, 0.25) is 0 Å². The number of hydrogen-bond donors (Lipinski definition) is 2. The number of nitrogens with one attached hydrogen (secondary N) is 2. The third-order valence-electron chi connectivity index (χ3n) is 3.89. The van der Waals surface area contributed by atoms with Crippen LogP contribution in [0.25, 0.3) is 0 Å². The smallest absolute Gasteiger partial charge is 0.136 e. The van der Waals surface area contributed by atoms with Crippen molar-refractivity contribution >= 4 is 11.6 Å². The van der Waals surface area contributed by atoms with Crippen molar-refractivity contribution in [3.63, 3.8) is 0 Å². The SMILES string of the molecule is CCCNc1cc(NCCN(C)C(C)C)nc(C2CC2)n1. The zero-order valence-corrected chi connectivity index (χ0v) is 13.8. The Morgan fingerprint density at radius 3 is 2.33 bits per heavy atom. The van der Waals surface area contributed by atoms with E-state index in [4.69, 9.17) is 0 Å². The molecule has 21 heavy (non-hydrogen) atoms. The molecule has 1 fully saturated rings. The highest BCUT2D eigenvalue weighted by molar-refractivity contribution is 5.48. The van der Waals surface area contributed by atoms with Gasteiger partial charge in [-0.25, -0.2) is 9.97 Å². The van der Waals surface area contributed by atoms with Gasteiger partial charge in [-0.3, -0.25) is 0 Å². The summed E-state index contributed by atoms with van der Waals surface area (Å²) in [5.74, 6) is 3.47. The molecule has 1 aromatic rings. The molecule has 0 aliphatic heterocycles. The summed E-state index contributed by atoms with van der Waals surface area (Å²) >= 11 is 0. The highest BCUT2D eigenvalue weighted by atomic mass is 15.1. The first-order valence-corrected chi connectivity index (χ1v) is 8.17. The van der Waals surface area contributed by atoms with E-state index < -0.39 is 0 Å². The van der Waals surface area contributed by atoms with Gasteiger partial charge in [0.05, 0.1) is 0 Å². The van der Waals surface area contributed by atoms with Crippen molar-refractivity contribution < 1.29 is 0 Å². The second-order valence-corrected chi connectivity index (χ2v) is 6.20. The van der Waals surface area contributed by atoms with Crippen LogP contribution < -0.4 is 10.6 Å². The molecule has 118 valence electrons. The molecule has 0 spiro atoms. The minimum atomic E-state index is 0.570. The normalized spacial score (nSPS) is 14.8. The first-order valence-electron chi connectivity index (χ1n) is 8.17. The van der Waals surface area contributed by atoms with Gasteiger partial charge in [-0.1, -0.05) is 6.92 Å². The molecule has 0 bridgehead atoms. The van der Waals surface area contributed by atoms with Gasteiger partial charge in [-0.2, -0.15) is 0 Å². The first-order chi connectivity index (χ1) is 10.1. The predicted octanol–water partition coefficient (Wildman–Crippen LogP) is 2.93. The Balaban J connectivity index is 1.95. The van der Waals surface area contributed by atoms with Gasteiger partial charge in [-0.05, 0) is 40.2 Å². The summed E-state index contributed by atoms with van der Waals surface area (Å²) in [7, 11) is 2.15. The quantitative estimate of drug-likeness (QED) is 0.732. The van der Waals surface area contributed by atoms with E-state index in [1.165, 1.54) is 12.8 Å². The zero-order chi connectivity index (χ0) is 15.2. The molecule has 2 N–H and O–H groups in total. The molecule has 1 aliphatic carbocycles. The van der Waals surface area contributed by atoms with E-state index in [2.05, 4.69) is 53.3 Å². The van der Waals surface area contributed by atoms with Gasteiger partial charge in [0.25, 0.3) is 0 Å². The Kier molecular flexibility index (Phi) is 5.79. The van der Waals surface area contributed by atoms with Crippen LogP contribution in [0.4, 0.5) is 11.6 Å². The molecule has 1 aliphatic rings. The predicted molar refractivity (Wildman–Crippen MR) is 89.0 cm³/mol. The van der Waals surface area contributed by atoms with Crippen molar-refractivity contribution in [1.29, 1.82) is 0 Å². The molecular weight excluding hydrogens is 262 g/mol. The van der Waals surface area contributed by atoms with Crippen LogP contribution in [0.3, 0.4) is 0 Å². The number of rotatable bonds is 9. The lowest BCUT2D eigenvalue weighted by Gasteiger charge is -2.21. The van der Waals surface area contributed by atoms with Crippen LogP contribution in [0.5, 0.6) is 0 Å². The Morgan fingerprint density at radius 1 is 1.19 bits per heavy atom. The number of nitrogens with zero attached hydrogens (tertiary/aromatic N) is 3. The maximum Gasteiger partial charge on any atom is 0.136 e. The van der Waals surface area contributed by atoms with Crippen LogP contribution >= 0.6 is 0 Å². The average molecular weight is 291 g/mol. The Labute approximate surface area is 128 Å². The fourth-order valence-corrected chi connectivity index (χ4v) is 2.04. The summed E-state index contributed by atoms with van der Waals surface area (Å²) in [6.45, 7) is 9.46. The molecule has 5 heteroatoms. The van der Waals surface area contributed by atoms with Crippen LogP contribution in [-0.2, 0) is 0 Å². The lowest BCUT2D eigenvalue weighted by atomic mass is 10.3. The molecule has 1 aromatic heterocycles. The van der Waals surface area contributed by atoms with Gasteiger partial charge in [0, 0.05) is 37.7 Å². The molecule has 2 rings (SSSR count). The summed E-state index contributed by atoms with van der Waals surface area (Å²) in [6, 6.07) is 2.60. The van der Waals surface area contributed by atoms with Crippen molar-refractivity contribution in [1.82, 2.24) is 14.9 Å². The highest BCUT2D eigenvalue weighted by Crippen LogP contribution is 2.38. The second-order valence-electron chi connectivity index (χ2n) is 6.20. The minimum absolute atomic E-state index is 0.570. The second kappa shape index (κ2) is 7.59. The van der Waals surface area contributed by atoms with E-state index in [9.17, 15) is 0 Å². The van der Waals surface area contributed by atoms with Crippen LogP contribution in [0, 0.1) is 0 Å². The van der Waals surface area contributed by atoms with E-state index in [-0.39, 0.29) is 0 Å². The monoisotopic (exact) mass is 291 g/mol. The molecule has 0 radical (unpaired) electrons. The first kappa shape index (κ1) is 16.0. The number of hydrogen-bond acceptors (Lipinski definition) is 5. The largest absolute Gasteiger partial charge is 0.370 e. The van der Waals surface area contributed by atoms with E-state index in [0.717, 1.165) is 43.5 Å². The fourth-order valence-electron chi connectivity index (χ4n) is 2.04. The van der Waals surface area contributed by atoms with Crippen molar-refractivity contribution in [3.05, 3.63) is 11.9 Å². The van der Waals surface area contributed by atoms with Crippen LogP contribution in [0.2, 0.25) is 0 Å².